The van der Waals surface area contributed by atoms with Crippen molar-refractivity contribution >= 4 is 0 Å². The van der Waals surface area contributed by atoms with E-state index in [1.807, 2.05) is 12.3 Å². The second-order valence-electron chi connectivity index (χ2n) is 1.97. The summed E-state index contributed by atoms with van der Waals surface area (Å²) >= 11 is 0. The van der Waals surface area contributed by atoms with Crippen LogP contribution in [0.3, 0.4) is 0 Å². The third-order valence-corrected chi connectivity index (χ3v) is 1.23. The van der Waals surface area contributed by atoms with E-state index in [9.17, 15) is 0 Å². The SMILES string of the molecule is C=CCCN1C=COC1. The Hall–Kier alpha value is -0.920. The van der Waals surface area contributed by atoms with Crippen LogP contribution in [0, 0.1) is 0 Å². The number of ether oxygens (including phenoxy) is 1. The molecule has 0 aromatic rings. The van der Waals surface area contributed by atoms with Gasteiger partial charge in [0, 0.05) is 12.7 Å². The first-order valence-electron chi connectivity index (χ1n) is 3.06. The molecule has 0 atom stereocenters. The lowest BCUT2D eigenvalue weighted by Crippen LogP contribution is -2.15. The highest BCUT2D eigenvalue weighted by atomic mass is 16.5. The van der Waals surface area contributed by atoms with Crippen LogP contribution in [-0.4, -0.2) is 18.2 Å². The Kier molecular flexibility index (Phi) is 2.19. The Balaban J connectivity index is 2.12. The summed E-state index contributed by atoms with van der Waals surface area (Å²) < 4.78 is 4.97. The highest BCUT2D eigenvalue weighted by Crippen LogP contribution is 2.00. The van der Waals surface area contributed by atoms with Gasteiger partial charge in [-0.3, -0.25) is 0 Å². The van der Waals surface area contributed by atoms with Crippen LogP contribution in [0.2, 0.25) is 0 Å². The van der Waals surface area contributed by atoms with Crippen LogP contribution >= 0.6 is 0 Å². The van der Waals surface area contributed by atoms with Gasteiger partial charge in [0.1, 0.15) is 6.26 Å². The monoisotopic (exact) mass is 125 g/mol. The second-order valence-corrected chi connectivity index (χ2v) is 1.97. The third kappa shape index (κ3) is 1.80. The number of nitrogens with zero attached hydrogens (tertiary/aromatic N) is 1. The Labute approximate surface area is 55.4 Å². The summed E-state index contributed by atoms with van der Waals surface area (Å²) in [5.74, 6) is 0. The largest absolute Gasteiger partial charge is 0.479 e. The van der Waals surface area contributed by atoms with Crippen LogP contribution in [0.1, 0.15) is 6.42 Å². The molecule has 1 aliphatic rings. The normalized spacial score (nSPS) is 15.8. The van der Waals surface area contributed by atoms with Crippen molar-refractivity contribution in [2.45, 2.75) is 6.42 Å². The number of rotatable bonds is 3. The molecule has 0 saturated heterocycles. The van der Waals surface area contributed by atoms with Gasteiger partial charge in [-0.15, -0.1) is 6.58 Å². The Morgan fingerprint density at radius 1 is 1.78 bits per heavy atom. The molecule has 2 nitrogen and oxygen atoms in total. The predicted octanol–water partition coefficient (Wildman–Crippen LogP) is 1.32. The minimum Gasteiger partial charge on any atom is -0.479 e. The van der Waals surface area contributed by atoms with Gasteiger partial charge in [-0.25, -0.2) is 0 Å². The summed E-state index contributed by atoms with van der Waals surface area (Å²) in [5, 5.41) is 0. The number of hydrogen-bond acceptors (Lipinski definition) is 2. The predicted molar refractivity (Wildman–Crippen MR) is 36.6 cm³/mol. The molecule has 1 aliphatic heterocycles. The van der Waals surface area contributed by atoms with Crippen molar-refractivity contribution in [3.05, 3.63) is 25.1 Å². The average Bonchev–Trinajstić information content (AvgIpc) is 2.34. The van der Waals surface area contributed by atoms with E-state index >= 15 is 0 Å². The molecule has 50 valence electrons. The van der Waals surface area contributed by atoms with Crippen molar-refractivity contribution in [1.29, 1.82) is 0 Å². The fraction of sp³-hybridized carbons (Fsp3) is 0.429. The Morgan fingerprint density at radius 3 is 3.22 bits per heavy atom. The summed E-state index contributed by atoms with van der Waals surface area (Å²) in [5.41, 5.74) is 0. The fourth-order valence-electron chi connectivity index (χ4n) is 0.707. The van der Waals surface area contributed by atoms with E-state index in [0.29, 0.717) is 6.73 Å². The van der Waals surface area contributed by atoms with Crippen molar-refractivity contribution in [1.82, 2.24) is 4.90 Å². The van der Waals surface area contributed by atoms with E-state index in [4.69, 9.17) is 4.74 Å². The maximum absolute atomic E-state index is 4.97. The maximum Gasteiger partial charge on any atom is 0.160 e. The molecule has 9 heavy (non-hydrogen) atoms. The van der Waals surface area contributed by atoms with Gasteiger partial charge in [0.25, 0.3) is 0 Å². The van der Waals surface area contributed by atoms with Gasteiger partial charge < -0.3 is 9.64 Å². The molecule has 0 bridgehead atoms. The summed E-state index contributed by atoms with van der Waals surface area (Å²) in [6.45, 7) is 5.35. The van der Waals surface area contributed by atoms with E-state index in [0.717, 1.165) is 13.0 Å². The summed E-state index contributed by atoms with van der Waals surface area (Å²) in [4.78, 5) is 2.10. The molecule has 0 aromatic carbocycles. The van der Waals surface area contributed by atoms with E-state index in [1.165, 1.54) is 0 Å². The van der Waals surface area contributed by atoms with E-state index in [1.54, 1.807) is 6.26 Å². The molecule has 0 amide bonds. The van der Waals surface area contributed by atoms with Gasteiger partial charge in [-0.05, 0) is 6.42 Å². The van der Waals surface area contributed by atoms with Crippen LogP contribution in [0.4, 0.5) is 0 Å². The van der Waals surface area contributed by atoms with Crippen LogP contribution in [0.15, 0.2) is 25.1 Å². The third-order valence-electron chi connectivity index (χ3n) is 1.23. The molecule has 0 aromatic heterocycles. The van der Waals surface area contributed by atoms with Gasteiger partial charge in [-0.2, -0.15) is 0 Å². The molecule has 0 spiro atoms. The van der Waals surface area contributed by atoms with Crippen LogP contribution in [0.5, 0.6) is 0 Å². The molecular weight excluding hydrogens is 114 g/mol. The fourth-order valence-corrected chi connectivity index (χ4v) is 0.707. The zero-order chi connectivity index (χ0) is 6.53. The van der Waals surface area contributed by atoms with Crippen LogP contribution < -0.4 is 0 Å². The van der Waals surface area contributed by atoms with E-state index in [-0.39, 0.29) is 0 Å². The van der Waals surface area contributed by atoms with E-state index in [2.05, 4.69) is 11.5 Å². The van der Waals surface area contributed by atoms with Gasteiger partial charge in [0.2, 0.25) is 0 Å². The molecule has 0 radical (unpaired) electrons. The quantitative estimate of drug-likeness (QED) is 0.527. The van der Waals surface area contributed by atoms with Crippen LogP contribution in [-0.2, 0) is 4.74 Å². The second kappa shape index (κ2) is 3.17. The molecule has 2 heteroatoms. The molecule has 1 heterocycles. The minimum absolute atomic E-state index is 0.702. The molecule has 0 unspecified atom stereocenters. The van der Waals surface area contributed by atoms with Crippen molar-refractivity contribution in [3.8, 4) is 0 Å². The van der Waals surface area contributed by atoms with Crippen LogP contribution in [0.25, 0.3) is 0 Å². The first-order valence-corrected chi connectivity index (χ1v) is 3.06. The van der Waals surface area contributed by atoms with Gasteiger partial charge in [0.15, 0.2) is 6.73 Å². The summed E-state index contributed by atoms with van der Waals surface area (Å²) in [6.07, 6.45) is 6.59. The summed E-state index contributed by atoms with van der Waals surface area (Å²) in [7, 11) is 0. The lowest BCUT2D eigenvalue weighted by molar-refractivity contribution is 0.173. The smallest absolute Gasteiger partial charge is 0.160 e. The van der Waals surface area contributed by atoms with Crippen molar-refractivity contribution in [3.63, 3.8) is 0 Å². The highest BCUT2D eigenvalue weighted by Gasteiger charge is 2.00. The molecular formula is C7H11NO. The first kappa shape index (κ1) is 6.20. The number of hydrogen-bond donors (Lipinski definition) is 0. The van der Waals surface area contributed by atoms with Crippen molar-refractivity contribution < 1.29 is 4.74 Å². The van der Waals surface area contributed by atoms with Gasteiger partial charge in [0.05, 0.1) is 0 Å². The lowest BCUT2D eigenvalue weighted by Gasteiger charge is -2.10. The molecule has 0 aliphatic carbocycles. The lowest BCUT2D eigenvalue weighted by atomic mass is 10.4. The summed E-state index contributed by atoms with van der Waals surface area (Å²) in [6, 6.07) is 0. The van der Waals surface area contributed by atoms with Gasteiger partial charge >= 0.3 is 0 Å². The van der Waals surface area contributed by atoms with Gasteiger partial charge in [-0.1, -0.05) is 6.08 Å². The highest BCUT2D eigenvalue weighted by molar-refractivity contribution is 4.81. The van der Waals surface area contributed by atoms with Crippen molar-refractivity contribution in [2.24, 2.45) is 0 Å². The Bertz CT molecular complexity index is 120. The molecule has 0 saturated carbocycles. The van der Waals surface area contributed by atoms with E-state index < -0.39 is 0 Å². The van der Waals surface area contributed by atoms with Crippen molar-refractivity contribution in [2.75, 3.05) is 13.3 Å². The zero-order valence-corrected chi connectivity index (χ0v) is 5.42. The standard InChI is InChI=1S/C7H11NO/c1-2-3-4-8-5-6-9-7-8/h2,5-6H,1,3-4,7H2. The minimum atomic E-state index is 0.702. The maximum atomic E-state index is 4.97. The molecule has 0 fully saturated rings. The first-order chi connectivity index (χ1) is 4.43. The average molecular weight is 125 g/mol. The zero-order valence-electron chi connectivity index (χ0n) is 5.42. The topological polar surface area (TPSA) is 12.5 Å². The molecule has 0 N–H and O–H groups in total. The molecule has 1 rings (SSSR count). The Morgan fingerprint density at radius 2 is 2.67 bits per heavy atom.